The molecule has 8 heteroatoms. The van der Waals surface area contributed by atoms with Crippen molar-refractivity contribution in [3.63, 3.8) is 0 Å². The number of thioether (sulfide) groups is 1. The third-order valence-electron chi connectivity index (χ3n) is 2.44. The smallest absolute Gasteiger partial charge is 0.323 e. The summed E-state index contributed by atoms with van der Waals surface area (Å²) < 4.78 is 0.700. The van der Waals surface area contributed by atoms with E-state index in [1.54, 1.807) is 12.1 Å². The maximum absolute atomic E-state index is 11.9. The first-order valence-electron chi connectivity index (χ1n) is 5.34. The van der Waals surface area contributed by atoms with Gasteiger partial charge < -0.3 is 10.2 Å². The van der Waals surface area contributed by atoms with Gasteiger partial charge in [0, 0.05) is 10.0 Å². The van der Waals surface area contributed by atoms with Gasteiger partial charge >= 0.3 is 5.97 Å². The first-order valence-corrected chi connectivity index (χ1v) is 6.95. The van der Waals surface area contributed by atoms with E-state index >= 15 is 0 Å². The lowest BCUT2D eigenvalue weighted by Crippen LogP contribution is -2.33. The van der Waals surface area contributed by atoms with Crippen LogP contribution in [0.15, 0.2) is 27.6 Å². The standard InChI is InChI=1S/C12H8BrNO5S/c13-7-1-2-8(15)6(3-7)4-9-11(18)14(5-10(16)17)12(19)20-9/h1-4,15H,5H2,(H,16,17)/b9-4+. The Morgan fingerprint density at radius 2 is 2.10 bits per heavy atom. The lowest BCUT2D eigenvalue weighted by atomic mass is 10.2. The molecular formula is C12H8BrNO5S. The Bertz CT molecular complexity index is 643. The van der Waals surface area contributed by atoms with Crippen LogP contribution in [0.3, 0.4) is 0 Å². The largest absolute Gasteiger partial charge is 0.507 e. The predicted molar refractivity (Wildman–Crippen MR) is 76.1 cm³/mol. The summed E-state index contributed by atoms with van der Waals surface area (Å²) in [5, 5.41) is 17.7. The summed E-state index contributed by atoms with van der Waals surface area (Å²) >= 11 is 3.87. The number of carboxylic acids is 1. The molecule has 1 aliphatic heterocycles. The molecule has 2 amide bonds. The molecule has 0 saturated carbocycles. The lowest BCUT2D eigenvalue weighted by molar-refractivity contribution is -0.140. The summed E-state index contributed by atoms with van der Waals surface area (Å²) in [5.41, 5.74) is 0.361. The fraction of sp³-hybridized carbons (Fsp3) is 0.0833. The van der Waals surface area contributed by atoms with E-state index in [0.29, 0.717) is 26.7 Å². The molecule has 6 nitrogen and oxygen atoms in total. The first-order chi connectivity index (χ1) is 9.38. The van der Waals surface area contributed by atoms with Crippen LogP contribution in [-0.4, -0.2) is 38.8 Å². The number of halogens is 1. The Labute approximate surface area is 126 Å². The number of imide groups is 1. The normalized spacial score (nSPS) is 17.1. The van der Waals surface area contributed by atoms with E-state index in [1.807, 2.05) is 0 Å². The summed E-state index contributed by atoms with van der Waals surface area (Å²) in [6.45, 7) is -0.674. The van der Waals surface area contributed by atoms with Crippen molar-refractivity contribution >= 4 is 50.9 Å². The molecule has 0 unspecified atom stereocenters. The zero-order chi connectivity index (χ0) is 14.9. The van der Waals surface area contributed by atoms with Gasteiger partial charge in [0.2, 0.25) is 0 Å². The fourth-order valence-corrected chi connectivity index (χ4v) is 2.76. The molecule has 104 valence electrons. The monoisotopic (exact) mass is 357 g/mol. The van der Waals surface area contributed by atoms with Gasteiger partial charge in [0.05, 0.1) is 4.91 Å². The molecule has 0 aromatic heterocycles. The number of rotatable bonds is 3. The van der Waals surface area contributed by atoms with Crippen molar-refractivity contribution in [1.29, 1.82) is 0 Å². The van der Waals surface area contributed by atoms with E-state index in [2.05, 4.69) is 15.9 Å². The second-order valence-corrected chi connectivity index (χ2v) is 5.77. The third-order valence-corrected chi connectivity index (χ3v) is 3.84. The molecule has 0 bridgehead atoms. The second kappa shape index (κ2) is 5.68. The Morgan fingerprint density at radius 1 is 1.40 bits per heavy atom. The molecule has 20 heavy (non-hydrogen) atoms. The quantitative estimate of drug-likeness (QED) is 0.805. The number of phenols is 1. The lowest BCUT2D eigenvalue weighted by Gasteiger charge is -2.07. The van der Waals surface area contributed by atoms with Crippen molar-refractivity contribution < 1.29 is 24.6 Å². The SMILES string of the molecule is O=C(O)CN1C(=O)S/C(=C/c2cc(Br)ccc2O)C1=O. The summed E-state index contributed by atoms with van der Waals surface area (Å²) in [5.74, 6) is -1.99. The highest BCUT2D eigenvalue weighted by atomic mass is 79.9. The van der Waals surface area contributed by atoms with Gasteiger partial charge in [0.15, 0.2) is 0 Å². The van der Waals surface area contributed by atoms with Crippen molar-refractivity contribution in [2.24, 2.45) is 0 Å². The van der Waals surface area contributed by atoms with Crippen molar-refractivity contribution in [1.82, 2.24) is 4.90 Å². The van der Waals surface area contributed by atoms with E-state index < -0.39 is 23.7 Å². The zero-order valence-electron chi connectivity index (χ0n) is 9.87. The van der Waals surface area contributed by atoms with Crippen LogP contribution < -0.4 is 0 Å². The van der Waals surface area contributed by atoms with Gasteiger partial charge in [-0.3, -0.25) is 19.3 Å². The molecule has 1 fully saturated rings. The number of benzene rings is 1. The summed E-state index contributed by atoms with van der Waals surface area (Å²) in [7, 11) is 0. The number of hydrogen-bond acceptors (Lipinski definition) is 5. The topological polar surface area (TPSA) is 94.9 Å². The molecule has 0 radical (unpaired) electrons. The van der Waals surface area contributed by atoms with Crippen LogP contribution in [0.5, 0.6) is 5.75 Å². The number of carbonyl (C=O) groups is 3. The van der Waals surface area contributed by atoms with Crippen LogP contribution in [0.25, 0.3) is 6.08 Å². The number of hydrogen-bond donors (Lipinski definition) is 2. The summed E-state index contributed by atoms with van der Waals surface area (Å²) in [6, 6.07) is 4.65. The number of phenolic OH excluding ortho intramolecular Hbond substituents is 1. The van der Waals surface area contributed by atoms with Crippen LogP contribution in [0.4, 0.5) is 4.79 Å². The molecule has 1 aliphatic rings. The Morgan fingerprint density at radius 3 is 2.75 bits per heavy atom. The highest BCUT2D eigenvalue weighted by Crippen LogP contribution is 2.34. The minimum Gasteiger partial charge on any atom is -0.507 e. The van der Waals surface area contributed by atoms with E-state index in [9.17, 15) is 19.5 Å². The van der Waals surface area contributed by atoms with Gasteiger partial charge in [-0.2, -0.15) is 0 Å². The number of aliphatic carboxylic acids is 1. The van der Waals surface area contributed by atoms with Crippen LogP contribution in [0.1, 0.15) is 5.56 Å². The van der Waals surface area contributed by atoms with Gasteiger partial charge in [-0.25, -0.2) is 0 Å². The van der Waals surface area contributed by atoms with Crippen molar-refractivity contribution in [3.8, 4) is 5.75 Å². The highest BCUT2D eigenvalue weighted by Gasteiger charge is 2.36. The maximum Gasteiger partial charge on any atom is 0.323 e. The molecule has 1 aromatic carbocycles. The molecule has 2 rings (SSSR count). The molecule has 1 aromatic rings. The van der Waals surface area contributed by atoms with E-state index in [1.165, 1.54) is 12.1 Å². The molecule has 0 spiro atoms. The first kappa shape index (κ1) is 14.6. The average Bonchev–Trinajstić information content (AvgIpc) is 2.61. The van der Waals surface area contributed by atoms with Crippen LogP contribution in [0, 0.1) is 0 Å². The van der Waals surface area contributed by atoms with Gasteiger partial charge in [-0.05, 0) is 36.0 Å². The summed E-state index contributed by atoms with van der Waals surface area (Å²) in [4.78, 5) is 34.8. The minimum atomic E-state index is -1.26. The van der Waals surface area contributed by atoms with Crippen LogP contribution in [-0.2, 0) is 9.59 Å². The van der Waals surface area contributed by atoms with E-state index in [0.717, 1.165) is 0 Å². The highest BCUT2D eigenvalue weighted by molar-refractivity contribution is 9.10. The predicted octanol–water partition coefficient (Wildman–Crippen LogP) is 2.28. The van der Waals surface area contributed by atoms with Crippen LogP contribution in [0.2, 0.25) is 0 Å². The number of amides is 2. The van der Waals surface area contributed by atoms with Crippen LogP contribution >= 0.6 is 27.7 Å². The number of carbonyl (C=O) groups excluding carboxylic acids is 2. The second-order valence-electron chi connectivity index (χ2n) is 3.86. The van der Waals surface area contributed by atoms with Crippen molar-refractivity contribution in [2.45, 2.75) is 0 Å². The van der Waals surface area contributed by atoms with E-state index in [-0.39, 0.29) is 10.7 Å². The molecular weight excluding hydrogens is 350 g/mol. The Hall–Kier alpha value is -1.80. The number of aromatic hydroxyl groups is 1. The van der Waals surface area contributed by atoms with Gasteiger partial charge in [-0.1, -0.05) is 15.9 Å². The number of nitrogens with zero attached hydrogens (tertiary/aromatic N) is 1. The van der Waals surface area contributed by atoms with E-state index in [4.69, 9.17) is 5.11 Å². The van der Waals surface area contributed by atoms with Gasteiger partial charge in [0.25, 0.3) is 11.1 Å². The van der Waals surface area contributed by atoms with Gasteiger partial charge in [0.1, 0.15) is 12.3 Å². The van der Waals surface area contributed by atoms with Crippen molar-refractivity contribution in [2.75, 3.05) is 6.54 Å². The molecule has 1 saturated heterocycles. The number of carboxylic acid groups (broad SMARTS) is 1. The third kappa shape index (κ3) is 3.02. The molecule has 1 heterocycles. The Balaban J connectivity index is 2.32. The molecule has 0 aliphatic carbocycles. The molecule has 0 atom stereocenters. The van der Waals surface area contributed by atoms with Gasteiger partial charge in [-0.15, -0.1) is 0 Å². The van der Waals surface area contributed by atoms with Crippen molar-refractivity contribution in [3.05, 3.63) is 33.1 Å². The zero-order valence-corrected chi connectivity index (χ0v) is 12.3. The minimum absolute atomic E-state index is 0.0433. The summed E-state index contributed by atoms with van der Waals surface area (Å²) in [6.07, 6.45) is 1.35. The fourth-order valence-electron chi connectivity index (χ4n) is 1.55. The average molecular weight is 358 g/mol. The Kier molecular flexibility index (Phi) is 4.15. The molecule has 2 N–H and O–H groups in total. The maximum atomic E-state index is 11.9.